The van der Waals surface area contributed by atoms with Crippen molar-refractivity contribution in [1.82, 2.24) is 4.57 Å². The number of fused-ring (bicyclic) bond motifs is 5. The van der Waals surface area contributed by atoms with E-state index in [-0.39, 0.29) is 5.41 Å². The van der Waals surface area contributed by atoms with Gasteiger partial charge in [0.25, 0.3) is 0 Å². The smallest absolute Gasteiger partial charge is 0.198 e. The first-order valence-corrected chi connectivity index (χ1v) is 18.8. The number of hydrogen-bond acceptors (Lipinski definition) is 3. The second kappa shape index (κ2) is 10.7. The Kier molecular flexibility index (Phi) is 5.90. The number of nitrogens with zero attached hydrogens (tertiary/aromatic N) is 2. The van der Waals surface area contributed by atoms with E-state index >= 15 is 0 Å². The molecular weight excluding hydrogens is 657 g/mol. The molecule has 9 aromatic rings. The summed E-state index contributed by atoms with van der Waals surface area (Å²) in [5.74, 6) is 1.70. The summed E-state index contributed by atoms with van der Waals surface area (Å²) in [5, 5.41) is 8.93. The number of anilines is 5. The van der Waals surface area contributed by atoms with Crippen LogP contribution >= 0.6 is 0 Å². The van der Waals surface area contributed by atoms with Gasteiger partial charge in [-0.25, -0.2) is 0 Å². The minimum atomic E-state index is -0.192. The molecule has 3 aliphatic heterocycles. The lowest BCUT2D eigenvalue weighted by Gasteiger charge is -2.38. The fourth-order valence-corrected chi connectivity index (χ4v) is 9.72. The molecule has 0 spiro atoms. The second-order valence-corrected chi connectivity index (χ2v) is 15.4. The van der Waals surface area contributed by atoms with Gasteiger partial charge in [-0.3, -0.25) is 0 Å². The summed E-state index contributed by atoms with van der Waals surface area (Å²) in [6, 6.07) is 57.1. The van der Waals surface area contributed by atoms with Crippen molar-refractivity contribution < 1.29 is 4.74 Å². The van der Waals surface area contributed by atoms with Gasteiger partial charge in [0.05, 0.1) is 28.1 Å². The molecule has 1 N–H and O–H groups in total. The van der Waals surface area contributed by atoms with E-state index in [1.165, 1.54) is 71.4 Å². The van der Waals surface area contributed by atoms with E-state index in [9.17, 15) is 0 Å². The molecule has 8 aromatic carbocycles. The van der Waals surface area contributed by atoms with Gasteiger partial charge in [0, 0.05) is 38.8 Å². The molecule has 0 saturated heterocycles. The topological polar surface area (TPSA) is 29.4 Å². The lowest BCUT2D eigenvalue weighted by molar-refractivity contribution is 0.477. The van der Waals surface area contributed by atoms with Crippen LogP contribution in [0.1, 0.15) is 25.0 Å². The van der Waals surface area contributed by atoms with Crippen molar-refractivity contribution in [3.63, 3.8) is 0 Å². The van der Waals surface area contributed by atoms with Crippen LogP contribution in [0.4, 0.5) is 28.4 Å². The van der Waals surface area contributed by atoms with Crippen molar-refractivity contribution >= 4 is 79.2 Å². The lowest BCUT2D eigenvalue weighted by Crippen LogP contribution is -2.41. The molecule has 4 heterocycles. The highest BCUT2D eigenvalue weighted by atomic mass is 16.5. The fraction of sp³-hybridized carbons (Fsp3) is 0.0612. The first-order chi connectivity index (χ1) is 26.6. The zero-order valence-corrected chi connectivity index (χ0v) is 30.0. The number of benzene rings is 8. The number of nitrogens with one attached hydrogen (secondary N) is 1. The Morgan fingerprint density at radius 1 is 0.574 bits per heavy atom. The van der Waals surface area contributed by atoms with Gasteiger partial charge >= 0.3 is 0 Å². The van der Waals surface area contributed by atoms with E-state index < -0.39 is 0 Å². The van der Waals surface area contributed by atoms with E-state index in [2.05, 4.69) is 186 Å². The highest BCUT2D eigenvalue weighted by Gasteiger charge is 2.41. The predicted octanol–water partition coefficient (Wildman–Crippen LogP) is 11.3. The molecule has 54 heavy (non-hydrogen) atoms. The summed E-state index contributed by atoms with van der Waals surface area (Å²) in [5.41, 5.74) is 17.0. The largest absolute Gasteiger partial charge is 0.453 e. The summed E-state index contributed by atoms with van der Waals surface area (Å²) >= 11 is 0. The number of rotatable bonds is 4. The molecule has 4 nitrogen and oxygen atoms in total. The van der Waals surface area contributed by atoms with Crippen LogP contribution in [0, 0.1) is 0 Å². The van der Waals surface area contributed by atoms with Crippen LogP contribution in [0.5, 0.6) is 11.5 Å². The van der Waals surface area contributed by atoms with Crippen LogP contribution in [0.15, 0.2) is 158 Å². The molecule has 12 rings (SSSR count). The maximum Gasteiger partial charge on any atom is 0.198 e. The van der Waals surface area contributed by atoms with E-state index in [0.29, 0.717) is 0 Å². The van der Waals surface area contributed by atoms with Crippen LogP contribution in [0.25, 0.3) is 49.4 Å². The summed E-state index contributed by atoms with van der Waals surface area (Å²) < 4.78 is 9.26. The van der Waals surface area contributed by atoms with Crippen LogP contribution in [0.2, 0.25) is 0 Å². The van der Waals surface area contributed by atoms with Gasteiger partial charge in [0.1, 0.15) is 0 Å². The standard InChI is InChI=1S/C49H34BN3O/c1-49(2)34-20-14-21-36-46(34)53-47-35(49)27-29-15-6-7-18-31(29)43(47)44-40(52-38-23-10-12-25-41(38)54-42-26-13-11-24-39(42)52)28-33(45(50-36)48(44)53)32-19-8-9-22-37(32)51-30-16-4-3-5-17-30/h3-28,50-51H,1-2H3. The Bertz CT molecular complexity index is 3020. The maximum atomic E-state index is 6.60. The normalized spacial score (nSPS) is 14.1. The zero-order chi connectivity index (χ0) is 35.7. The van der Waals surface area contributed by atoms with Gasteiger partial charge in [-0.15, -0.1) is 0 Å². The molecule has 5 heteroatoms. The average molecular weight is 692 g/mol. The predicted molar refractivity (Wildman–Crippen MR) is 227 cm³/mol. The summed E-state index contributed by atoms with van der Waals surface area (Å²) in [4.78, 5) is 2.46. The van der Waals surface area contributed by atoms with E-state index in [1.54, 1.807) is 0 Å². The molecule has 0 fully saturated rings. The van der Waals surface area contributed by atoms with Gasteiger partial charge in [-0.2, -0.15) is 0 Å². The number of para-hydroxylation sites is 7. The average Bonchev–Trinajstić information content (AvgIpc) is 3.57. The zero-order valence-electron chi connectivity index (χ0n) is 30.0. The van der Waals surface area contributed by atoms with Crippen molar-refractivity contribution in [2.75, 3.05) is 10.2 Å². The molecule has 0 unspecified atom stereocenters. The van der Waals surface area contributed by atoms with Crippen molar-refractivity contribution in [2.24, 2.45) is 0 Å². The first-order valence-electron chi connectivity index (χ1n) is 18.8. The minimum absolute atomic E-state index is 0.192. The Morgan fingerprint density at radius 2 is 1.28 bits per heavy atom. The monoisotopic (exact) mass is 691 g/mol. The third-order valence-corrected chi connectivity index (χ3v) is 12.1. The Morgan fingerprint density at radius 3 is 2.09 bits per heavy atom. The molecule has 0 atom stereocenters. The molecule has 3 aliphatic rings. The molecule has 0 saturated carbocycles. The van der Waals surface area contributed by atoms with Crippen LogP contribution in [-0.4, -0.2) is 11.8 Å². The maximum absolute atomic E-state index is 6.60. The SMILES string of the molecule is CC1(C)c2cccc3c2-n2c4c(c(-c5ccccc5Nc5ccccc5)cc(N5c6ccccc6Oc6ccccc65)c4c4c5ccccc5cc1c42)B3. The van der Waals surface area contributed by atoms with E-state index in [0.717, 1.165) is 47.2 Å². The molecule has 0 bridgehead atoms. The van der Waals surface area contributed by atoms with E-state index in [4.69, 9.17) is 4.74 Å². The molecule has 0 aliphatic carbocycles. The van der Waals surface area contributed by atoms with E-state index in [1.807, 2.05) is 0 Å². The summed E-state index contributed by atoms with van der Waals surface area (Å²) in [6.45, 7) is 4.82. The molecule has 1 aromatic heterocycles. The van der Waals surface area contributed by atoms with Crippen molar-refractivity contribution in [3.8, 4) is 28.3 Å². The molecule has 254 valence electrons. The van der Waals surface area contributed by atoms with Crippen LogP contribution < -0.4 is 25.9 Å². The lowest BCUT2D eigenvalue weighted by atomic mass is 9.57. The summed E-state index contributed by atoms with van der Waals surface area (Å²) in [7, 11) is 0.838. The summed E-state index contributed by atoms with van der Waals surface area (Å²) in [6.07, 6.45) is 0. The quantitative estimate of drug-likeness (QED) is 0.186. The first kappa shape index (κ1) is 29.8. The highest BCUT2D eigenvalue weighted by Crippen LogP contribution is 2.57. The minimum Gasteiger partial charge on any atom is -0.453 e. The van der Waals surface area contributed by atoms with Crippen LogP contribution in [0.3, 0.4) is 0 Å². The van der Waals surface area contributed by atoms with Crippen LogP contribution in [-0.2, 0) is 5.41 Å². The van der Waals surface area contributed by atoms with Gasteiger partial charge in [0.15, 0.2) is 18.8 Å². The second-order valence-electron chi connectivity index (χ2n) is 15.4. The Labute approximate surface area is 314 Å². The Balaban J connectivity index is 1.31. The molecular formula is C49H34BN3O. The molecule has 0 radical (unpaired) electrons. The van der Waals surface area contributed by atoms with Crippen molar-refractivity contribution in [1.29, 1.82) is 0 Å². The third-order valence-electron chi connectivity index (χ3n) is 12.1. The van der Waals surface area contributed by atoms with Gasteiger partial charge in [-0.1, -0.05) is 122 Å². The fourth-order valence-electron chi connectivity index (χ4n) is 9.72. The van der Waals surface area contributed by atoms with Gasteiger partial charge in [-0.05, 0) is 87.5 Å². The third kappa shape index (κ3) is 3.88. The number of ether oxygens (including phenoxy) is 1. The highest BCUT2D eigenvalue weighted by molar-refractivity contribution is 6.74. The van der Waals surface area contributed by atoms with Crippen molar-refractivity contribution in [3.05, 3.63) is 169 Å². The Hall–Kier alpha value is -6.72. The number of hydrogen-bond donors (Lipinski definition) is 1. The molecule has 0 amide bonds. The van der Waals surface area contributed by atoms with Gasteiger partial charge < -0.3 is 19.5 Å². The number of aromatic nitrogens is 1. The van der Waals surface area contributed by atoms with Crippen molar-refractivity contribution in [2.45, 2.75) is 19.3 Å². The van der Waals surface area contributed by atoms with Gasteiger partial charge in [0.2, 0.25) is 0 Å².